The van der Waals surface area contributed by atoms with Crippen LogP contribution in [0.1, 0.15) is 11.6 Å². The molecular weight excluding hydrogens is 355 g/mol. The molecule has 1 aliphatic rings. The summed E-state index contributed by atoms with van der Waals surface area (Å²) in [5.74, 6) is -3.42. The maximum atomic E-state index is 14.2. The normalized spacial score (nSPS) is 17.4. The molecule has 0 aromatic heterocycles. The number of nitrogens with one attached hydrogen (secondary N) is 1. The summed E-state index contributed by atoms with van der Waals surface area (Å²) < 4.78 is 28.4. The minimum Gasteiger partial charge on any atom is -0.390 e. The van der Waals surface area contributed by atoms with Crippen molar-refractivity contribution in [2.24, 2.45) is 0 Å². The smallest absolute Gasteiger partial charge is 0.289 e. The number of aliphatic hydroxyl groups excluding tert-OH is 1. The van der Waals surface area contributed by atoms with Gasteiger partial charge in [0.2, 0.25) is 0 Å². The van der Waals surface area contributed by atoms with Gasteiger partial charge in [-0.1, -0.05) is 17.7 Å². The van der Waals surface area contributed by atoms with E-state index in [1.807, 2.05) is 0 Å². The number of hydrogen-bond donors (Lipinski definition) is 2. The molecule has 1 aliphatic heterocycles. The number of halogens is 4. The van der Waals surface area contributed by atoms with Crippen LogP contribution in [0.4, 0.5) is 14.5 Å². The highest BCUT2D eigenvalue weighted by Gasteiger charge is 2.44. The van der Waals surface area contributed by atoms with Gasteiger partial charge in [-0.05, 0) is 11.6 Å². The Morgan fingerprint density at radius 3 is 2.57 bits per heavy atom. The average molecular weight is 372 g/mol. The largest absolute Gasteiger partial charge is 0.390 e. The molecule has 1 atom stereocenters. The van der Waals surface area contributed by atoms with Gasteiger partial charge in [-0.25, -0.2) is 8.78 Å². The molecule has 23 heavy (non-hydrogen) atoms. The number of alkyl halides is 2. The third-order valence-electron chi connectivity index (χ3n) is 3.61. The van der Waals surface area contributed by atoms with Crippen molar-refractivity contribution in [2.45, 2.75) is 12.0 Å². The van der Waals surface area contributed by atoms with Gasteiger partial charge in [0, 0.05) is 32.2 Å². The number of aliphatic hydroxyl groups is 1. The highest BCUT2D eigenvalue weighted by molar-refractivity contribution is 6.32. The van der Waals surface area contributed by atoms with E-state index in [9.17, 15) is 18.9 Å². The average Bonchev–Trinajstić information content (AvgIpc) is 2.50. The minimum absolute atomic E-state index is 0. The maximum absolute atomic E-state index is 14.2. The van der Waals surface area contributed by atoms with Gasteiger partial charge in [0.05, 0.1) is 4.92 Å². The zero-order valence-electron chi connectivity index (χ0n) is 12.0. The molecule has 1 aromatic rings. The van der Waals surface area contributed by atoms with Crippen LogP contribution in [0.2, 0.25) is 5.02 Å². The van der Waals surface area contributed by atoms with E-state index in [-0.39, 0.29) is 23.0 Å². The highest BCUT2D eigenvalue weighted by atomic mass is 35.5. The van der Waals surface area contributed by atoms with Gasteiger partial charge in [0.1, 0.15) is 17.7 Å². The maximum Gasteiger partial charge on any atom is 0.289 e. The van der Waals surface area contributed by atoms with Gasteiger partial charge in [0.15, 0.2) is 0 Å². The fourth-order valence-corrected chi connectivity index (χ4v) is 2.77. The van der Waals surface area contributed by atoms with E-state index in [1.165, 1.54) is 17.0 Å². The van der Waals surface area contributed by atoms with E-state index in [2.05, 4.69) is 5.32 Å². The number of nitrogens with zero attached hydrogens (tertiary/aromatic N) is 2. The number of piperazine rings is 1. The Bertz CT molecular complexity index is 557. The predicted molar refractivity (Wildman–Crippen MR) is 84.6 cm³/mol. The van der Waals surface area contributed by atoms with Crippen molar-refractivity contribution in [1.29, 1.82) is 0 Å². The Morgan fingerprint density at radius 1 is 1.43 bits per heavy atom. The summed E-state index contributed by atoms with van der Waals surface area (Å²) in [6.07, 6.45) is 0. The lowest BCUT2D eigenvalue weighted by Gasteiger charge is -2.38. The van der Waals surface area contributed by atoms with Crippen molar-refractivity contribution in [3.8, 4) is 0 Å². The van der Waals surface area contributed by atoms with Crippen LogP contribution in [0.3, 0.4) is 0 Å². The van der Waals surface area contributed by atoms with Gasteiger partial charge in [0.25, 0.3) is 11.6 Å². The first-order valence-electron chi connectivity index (χ1n) is 6.74. The van der Waals surface area contributed by atoms with Crippen LogP contribution in [0.5, 0.6) is 0 Å². The van der Waals surface area contributed by atoms with Crippen molar-refractivity contribution in [2.75, 3.05) is 32.8 Å². The van der Waals surface area contributed by atoms with Gasteiger partial charge < -0.3 is 10.4 Å². The molecule has 0 bridgehead atoms. The van der Waals surface area contributed by atoms with Gasteiger partial charge in [-0.3, -0.25) is 15.0 Å². The zero-order valence-corrected chi connectivity index (χ0v) is 13.6. The number of nitro groups is 1. The van der Waals surface area contributed by atoms with E-state index in [0.29, 0.717) is 26.2 Å². The molecule has 0 amide bonds. The molecule has 1 saturated heterocycles. The minimum atomic E-state index is -3.42. The quantitative estimate of drug-likeness (QED) is 0.612. The Kier molecular flexibility index (Phi) is 7.09. The van der Waals surface area contributed by atoms with E-state index in [1.54, 1.807) is 0 Å². The van der Waals surface area contributed by atoms with Crippen molar-refractivity contribution in [3.63, 3.8) is 0 Å². The number of nitro benzene ring substituents is 1. The second-order valence-electron chi connectivity index (χ2n) is 5.08. The molecule has 2 N–H and O–H groups in total. The van der Waals surface area contributed by atoms with E-state index >= 15 is 0 Å². The first-order chi connectivity index (χ1) is 10.4. The standard InChI is InChI=1S/C13H16ClF2N3O3.ClH/c14-10-2-1-9(7-11(10)19(21)22)12(13(15,16)8-20)18-5-3-17-4-6-18;/h1-2,7,12,17,20H,3-6,8H2;1H/t12-;/m1./s1. The van der Waals surface area contributed by atoms with Crippen LogP contribution in [-0.2, 0) is 0 Å². The summed E-state index contributed by atoms with van der Waals surface area (Å²) in [7, 11) is 0. The molecular formula is C13H17Cl2F2N3O3. The Hall–Kier alpha value is -1.06. The molecule has 0 unspecified atom stereocenters. The molecule has 0 radical (unpaired) electrons. The fourth-order valence-electron chi connectivity index (χ4n) is 2.59. The van der Waals surface area contributed by atoms with E-state index < -0.39 is 29.2 Å². The van der Waals surface area contributed by atoms with Crippen LogP contribution in [0, 0.1) is 10.1 Å². The number of rotatable bonds is 5. The van der Waals surface area contributed by atoms with Crippen LogP contribution < -0.4 is 5.32 Å². The van der Waals surface area contributed by atoms with Crippen molar-refractivity contribution in [1.82, 2.24) is 10.2 Å². The molecule has 0 saturated carbocycles. The zero-order chi connectivity index (χ0) is 16.3. The molecule has 130 valence electrons. The molecule has 1 aromatic carbocycles. The third kappa shape index (κ3) is 4.48. The van der Waals surface area contributed by atoms with Crippen LogP contribution in [0.15, 0.2) is 18.2 Å². The Morgan fingerprint density at radius 2 is 2.04 bits per heavy atom. The van der Waals surface area contributed by atoms with E-state index in [4.69, 9.17) is 16.7 Å². The first-order valence-corrected chi connectivity index (χ1v) is 7.12. The molecule has 0 aliphatic carbocycles. The summed E-state index contributed by atoms with van der Waals surface area (Å²) in [5, 5.41) is 22.9. The monoisotopic (exact) mass is 371 g/mol. The molecule has 10 heteroatoms. The summed E-state index contributed by atoms with van der Waals surface area (Å²) >= 11 is 5.73. The third-order valence-corrected chi connectivity index (χ3v) is 3.93. The molecule has 1 fully saturated rings. The van der Waals surface area contributed by atoms with Gasteiger partial charge in [-0.15, -0.1) is 12.4 Å². The first kappa shape index (κ1) is 20.0. The highest BCUT2D eigenvalue weighted by Crippen LogP contribution is 2.39. The van der Waals surface area contributed by atoms with Gasteiger partial charge in [-0.2, -0.15) is 0 Å². The Labute approximate surface area is 143 Å². The summed E-state index contributed by atoms with van der Waals surface area (Å²) in [5.41, 5.74) is -0.356. The van der Waals surface area contributed by atoms with Crippen molar-refractivity contribution in [3.05, 3.63) is 38.9 Å². The summed E-state index contributed by atoms with van der Waals surface area (Å²) in [6.45, 7) is 0.451. The molecule has 2 rings (SSSR count). The second-order valence-corrected chi connectivity index (χ2v) is 5.48. The van der Waals surface area contributed by atoms with Gasteiger partial charge >= 0.3 is 0 Å². The lowest BCUT2D eigenvalue weighted by atomic mass is 9.97. The lowest BCUT2D eigenvalue weighted by Crippen LogP contribution is -2.51. The fraction of sp³-hybridized carbons (Fsp3) is 0.538. The summed E-state index contributed by atoms with van der Waals surface area (Å²) in [6, 6.07) is 2.19. The summed E-state index contributed by atoms with van der Waals surface area (Å²) in [4.78, 5) is 11.8. The number of benzene rings is 1. The SMILES string of the molecule is Cl.O=[N+]([O-])c1cc([C@@H](N2CCNCC2)C(F)(F)CO)ccc1Cl. The van der Waals surface area contributed by atoms with Crippen molar-refractivity contribution < 1.29 is 18.8 Å². The van der Waals surface area contributed by atoms with Crippen molar-refractivity contribution >= 4 is 29.7 Å². The van der Waals surface area contributed by atoms with Crippen LogP contribution >= 0.6 is 24.0 Å². The van der Waals surface area contributed by atoms with Crippen LogP contribution in [0.25, 0.3) is 0 Å². The topological polar surface area (TPSA) is 78.6 Å². The molecule has 6 nitrogen and oxygen atoms in total. The predicted octanol–water partition coefficient (Wildman–Crippen LogP) is 2.24. The van der Waals surface area contributed by atoms with E-state index in [0.717, 1.165) is 6.07 Å². The lowest BCUT2D eigenvalue weighted by molar-refractivity contribution is -0.384. The Balaban J connectivity index is 0.00000264. The van der Waals surface area contributed by atoms with Crippen LogP contribution in [-0.4, -0.2) is 53.6 Å². The molecule has 1 heterocycles. The number of hydrogen-bond acceptors (Lipinski definition) is 5. The molecule has 0 spiro atoms. The second kappa shape index (κ2) is 8.16.